The molecule has 100 valence electrons. The van der Waals surface area contributed by atoms with Crippen LogP contribution in [-0.4, -0.2) is 24.6 Å². The van der Waals surface area contributed by atoms with Gasteiger partial charge in [-0.25, -0.2) is 0 Å². The molecule has 0 radical (unpaired) electrons. The Morgan fingerprint density at radius 2 is 2.11 bits per heavy atom. The summed E-state index contributed by atoms with van der Waals surface area (Å²) in [6.07, 6.45) is 0.932. The molecule has 0 heterocycles. The van der Waals surface area contributed by atoms with Gasteiger partial charge in [0.05, 0.1) is 4.92 Å². The Labute approximate surface area is 108 Å². The highest BCUT2D eigenvalue weighted by molar-refractivity contribution is 5.77. The molecule has 0 aromatic heterocycles. The van der Waals surface area contributed by atoms with Crippen LogP contribution in [0.5, 0.6) is 0 Å². The maximum Gasteiger partial charge on any atom is 0.315 e. The Bertz CT molecular complexity index is 419. The van der Waals surface area contributed by atoms with Gasteiger partial charge >= 0.3 is 5.69 Å². The van der Waals surface area contributed by atoms with Gasteiger partial charge in [-0.1, -0.05) is 13.0 Å². The second-order valence-electron chi connectivity index (χ2n) is 4.56. The fourth-order valence-corrected chi connectivity index (χ4v) is 1.69. The second-order valence-corrected chi connectivity index (χ2v) is 4.56. The van der Waals surface area contributed by atoms with Crippen LogP contribution in [-0.2, 0) is 0 Å². The van der Waals surface area contributed by atoms with Crippen LogP contribution in [0.4, 0.5) is 17.1 Å². The first-order valence-corrected chi connectivity index (χ1v) is 6.23. The van der Waals surface area contributed by atoms with Crippen molar-refractivity contribution in [3.05, 3.63) is 28.3 Å². The highest BCUT2D eigenvalue weighted by atomic mass is 16.6. The number of hydrogen-bond donors (Lipinski definition) is 1. The zero-order chi connectivity index (χ0) is 13.7. The summed E-state index contributed by atoms with van der Waals surface area (Å²) < 4.78 is 0. The Morgan fingerprint density at radius 3 is 2.61 bits per heavy atom. The third-order valence-electron chi connectivity index (χ3n) is 2.92. The van der Waals surface area contributed by atoms with E-state index in [0.29, 0.717) is 11.4 Å². The fraction of sp³-hybridized carbons (Fsp3) is 0.538. The van der Waals surface area contributed by atoms with E-state index in [0.717, 1.165) is 13.0 Å². The SMILES string of the molecule is CCCNc1cccc(N(C)C(C)C)c1[N+](=O)[O-]. The first-order chi connectivity index (χ1) is 8.49. The fourth-order valence-electron chi connectivity index (χ4n) is 1.69. The molecule has 0 aliphatic rings. The van der Waals surface area contributed by atoms with Crippen LogP contribution in [0.3, 0.4) is 0 Å². The summed E-state index contributed by atoms with van der Waals surface area (Å²) in [6, 6.07) is 5.60. The summed E-state index contributed by atoms with van der Waals surface area (Å²) in [4.78, 5) is 12.9. The van der Waals surface area contributed by atoms with Crippen LogP contribution in [0.25, 0.3) is 0 Å². The normalized spacial score (nSPS) is 10.5. The minimum Gasteiger partial charge on any atom is -0.379 e. The molecule has 0 amide bonds. The summed E-state index contributed by atoms with van der Waals surface area (Å²) in [6.45, 7) is 6.78. The van der Waals surface area contributed by atoms with Crippen molar-refractivity contribution in [3.63, 3.8) is 0 Å². The quantitative estimate of drug-likeness (QED) is 0.622. The Kier molecular flexibility index (Phi) is 4.95. The molecule has 0 aliphatic heterocycles. The van der Waals surface area contributed by atoms with Gasteiger partial charge in [0.25, 0.3) is 0 Å². The predicted molar refractivity (Wildman–Crippen MR) is 75.4 cm³/mol. The van der Waals surface area contributed by atoms with Gasteiger partial charge in [-0.15, -0.1) is 0 Å². The lowest BCUT2D eigenvalue weighted by atomic mass is 10.2. The van der Waals surface area contributed by atoms with E-state index >= 15 is 0 Å². The topological polar surface area (TPSA) is 58.4 Å². The van der Waals surface area contributed by atoms with Crippen LogP contribution >= 0.6 is 0 Å². The van der Waals surface area contributed by atoms with E-state index in [9.17, 15) is 10.1 Å². The molecule has 1 aromatic rings. The number of para-hydroxylation sites is 1. The number of nitro benzene ring substituents is 1. The minimum absolute atomic E-state index is 0.155. The van der Waals surface area contributed by atoms with E-state index < -0.39 is 0 Å². The molecule has 0 saturated carbocycles. The number of anilines is 2. The monoisotopic (exact) mass is 251 g/mol. The van der Waals surface area contributed by atoms with Gasteiger partial charge in [0.1, 0.15) is 11.4 Å². The summed E-state index contributed by atoms with van der Waals surface area (Å²) in [5.74, 6) is 0. The average Bonchev–Trinajstić information content (AvgIpc) is 2.34. The lowest BCUT2D eigenvalue weighted by molar-refractivity contribution is -0.383. The number of benzene rings is 1. The smallest absolute Gasteiger partial charge is 0.315 e. The van der Waals surface area contributed by atoms with E-state index in [4.69, 9.17) is 0 Å². The van der Waals surface area contributed by atoms with E-state index in [1.54, 1.807) is 12.1 Å². The lowest BCUT2D eigenvalue weighted by Gasteiger charge is -2.24. The van der Waals surface area contributed by atoms with Gasteiger partial charge in [-0.05, 0) is 32.4 Å². The Balaban J connectivity index is 3.21. The highest BCUT2D eigenvalue weighted by Crippen LogP contribution is 2.35. The first-order valence-electron chi connectivity index (χ1n) is 6.23. The van der Waals surface area contributed by atoms with Gasteiger partial charge < -0.3 is 10.2 Å². The molecule has 18 heavy (non-hydrogen) atoms. The van der Waals surface area contributed by atoms with Crippen molar-refractivity contribution in [2.75, 3.05) is 23.8 Å². The largest absolute Gasteiger partial charge is 0.379 e. The van der Waals surface area contributed by atoms with Crippen LogP contribution in [0, 0.1) is 10.1 Å². The molecule has 0 unspecified atom stereocenters. The van der Waals surface area contributed by atoms with Crippen molar-refractivity contribution in [1.29, 1.82) is 0 Å². The summed E-state index contributed by atoms with van der Waals surface area (Å²) >= 11 is 0. The Morgan fingerprint density at radius 1 is 1.44 bits per heavy atom. The second kappa shape index (κ2) is 6.23. The molecule has 0 fully saturated rings. The average molecular weight is 251 g/mol. The first kappa shape index (κ1) is 14.3. The maximum absolute atomic E-state index is 11.3. The third kappa shape index (κ3) is 3.12. The molecule has 5 nitrogen and oxygen atoms in total. The standard InChI is InChI=1S/C13H21N3O2/c1-5-9-14-11-7-6-8-12(13(11)16(17)18)15(4)10(2)3/h6-8,10,14H,5,9H2,1-4H3. The maximum atomic E-state index is 11.3. The van der Waals surface area contributed by atoms with Crippen molar-refractivity contribution >= 4 is 17.1 Å². The molecular formula is C13H21N3O2. The van der Waals surface area contributed by atoms with Gasteiger partial charge in [0.15, 0.2) is 0 Å². The lowest BCUT2D eigenvalue weighted by Crippen LogP contribution is -2.26. The van der Waals surface area contributed by atoms with Crippen LogP contribution in [0.1, 0.15) is 27.2 Å². The molecule has 1 aromatic carbocycles. The highest BCUT2D eigenvalue weighted by Gasteiger charge is 2.22. The van der Waals surface area contributed by atoms with Crippen molar-refractivity contribution in [2.45, 2.75) is 33.2 Å². The van der Waals surface area contributed by atoms with Gasteiger partial charge in [-0.2, -0.15) is 0 Å². The van der Waals surface area contributed by atoms with Crippen LogP contribution in [0.2, 0.25) is 0 Å². The van der Waals surface area contributed by atoms with E-state index in [1.807, 2.05) is 38.8 Å². The van der Waals surface area contributed by atoms with Gasteiger partial charge in [0, 0.05) is 19.6 Å². The molecule has 1 rings (SSSR count). The Hall–Kier alpha value is -1.78. The summed E-state index contributed by atoms with van der Waals surface area (Å²) in [7, 11) is 1.87. The molecule has 0 spiro atoms. The third-order valence-corrected chi connectivity index (χ3v) is 2.92. The number of nitrogens with one attached hydrogen (secondary N) is 1. The predicted octanol–water partition coefficient (Wildman–Crippen LogP) is 3.26. The van der Waals surface area contributed by atoms with Gasteiger partial charge in [0.2, 0.25) is 0 Å². The van der Waals surface area contributed by atoms with Crippen molar-refractivity contribution < 1.29 is 4.92 Å². The number of nitrogens with zero attached hydrogens (tertiary/aromatic N) is 2. The number of nitro groups is 1. The molecule has 5 heteroatoms. The zero-order valence-corrected chi connectivity index (χ0v) is 11.4. The van der Waals surface area contributed by atoms with E-state index in [1.165, 1.54) is 0 Å². The van der Waals surface area contributed by atoms with Crippen LogP contribution < -0.4 is 10.2 Å². The number of hydrogen-bond acceptors (Lipinski definition) is 4. The molecule has 0 aliphatic carbocycles. The van der Waals surface area contributed by atoms with E-state index in [2.05, 4.69) is 5.32 Å². The van der Waals surface area contributed by atoms with Crippen molar-refractivity contribution in [2.24, 2.45) is 0 Å². The van der Waals surface area contributed by atoms with Gasteiger partial charge in [-0.3, -0.25) is 10.1 Å². The number of rotatable bonds is 6. The molecule has 0 atom stereocenters. The molecular weight excluding hydrogens is 230 g/mol. The van der Waals surface area contributed by atoms with Crippen molar-refractivity contribution in [1.82, 2.24) is 0 Å². The summed E-state index contributed by atoms with van der Waals surface area (Å²) in [5, 5.41) is 14.4. The molecule has 0 bridgehead atoms. The zero-order valence-electron chi connectivity index (χ0n) is 11.4. The van der Waals surface area contributed by atoms with Crippen LogP contribution in [0.15, 0.2) is 18.2 Å². The van der Waals surface area contributed by atoms with Crippen molar-refractivity contribution in [3.8, 4) is 0 Å². The molecule has 0 saturated heterocycles. The minimum atomic E-state index is -0.313. The van der Waals surface area contributed by atoms with E-state index in [-0.39, 0.29) is 16.7 Å². The molecule has 1 N–H and O–H groups in total. The summed E-state index contributed by atoms with van der Waals surface area (Å²) in [5.41, 5.74) is 1.39.